The maximum atomic E-state index is 12.4. The van der Waals surface area contributed by atoms with Gasteiger partial charge >= 0.3 is 0 Å². The molecule has 0 fully saturated rings. The van der Waals surface area contributed by atoms with Gasteiger partial charge in [-0.1, -0.05) is 29.3 Å². The number of amides is 1. The Labute approximate surface area is 130 Å². The molecule has 0 aromatic heterocycles. The molecule has 1 aromatic rings. The van der Waals surface area contributed by atoms with E-state index in [1.807, 2.05) is 40.7 Å². The Morgan fingerprint density at radius 3 is 2.20 bits per heavy atom. The van der Waals surface area contributed by atoms with E-state index in [1.165, 1.54) is 0 Å². The third kappa shape index (κ3) is 3.66. The van der Waals surface area contributed by atoms with Gasteiger partial charge in [0.15, 0.2) is 0 Å². The predicted octanol–water partition coefficient (Wildman–Crippen LogP) is 3.93. The standard InChI is InChI=1S/C15H22Cl2N2O/c1-9(10-6-7-11(16)12(17)8-10)19-13(20)14(2,3)15(4,5)18/h6-9H,18H2,1-5H3,(H,19,20). The zero-order valence-corrected chi connectivity index (χ0v) is 14.1. The molecule has 112 valence electrons. The Morgan fingerprint density at radius 1 is 1.20 bits per heavy atom. The van der Waals surface area contributed by atoms with E-state index in [2.05, 4.69) is 5.32 Å². The zero-order chi connectivity index (χ0) is 15.7. The number of hydrogen-bond donors (Lipinski definition) is 2. The molecule has 0 saturated heterocycles. The molecule has 1 atom stereocenters. The molecule has 0 bridgehead atoms. The molecule has 0 spiro atoms. The predicted molar refractivity (Wildman–Crippen MR) is 85.1 cm³/mol. The van der Waals surface area contributed by atoms with Gasteiger partial charge in [-0.3, -0.25) is 4.79 Å². The summed E-state index contributed by atoms with van der Waals surface area (Å²) in [4.78, 5) is 12.4. The van der Waals surface area contributed by atoms with Crippen LogP contribution in [-0.4, -0.2) is 11.4 Å². The summed E-state index contributed by atoms with van der Waals surface area (Å²) < 4.78 is 0. The van der Waals surface area contributed by atoms with Crippen LogP contribution in [0.4, 0.5) is 0 Å². The fraction of sp³-hybridized carbons (Fsp3) is 0.533. The molecule has 3 nitrogen and oxygen atoms in total. The van der Waals surface area contributed by atoms with Crippen molar-refractivity contribution in [3.05, 3.63) is 33.8 Å². The number of benzene rings is 1. The van der Waals surface area contributed by atoms with Crippen molar-refractivity contribution in [2.75, 3.05) is 0 Å². The number of rotatable bonds is 4. The number of nitrogens with two attached hydrogens (primary N) is 1. The molecular weight excluding hydrogens is 295 g/mol. The molecule has 0 aliphatic heterocycles. The lowest BCUT2D eigenvalue weighted by Gasteiger charge is -2.37. The van der Waals surface area contributed by atoms with Crippen molar-refractivity contribution < 1.29 is 4.79 Å². The topological polar surface area (TPSA) is 55.1 Å². The number of hydrogen-bond acceptors (Lipinski definition) is 2. The van der Waals surface area contributed by atoms with Gasteiger partial charge in [-0.25, -0.2) is 0 Å². The van der Waals surface area contributed by atoms with E-state index < -0.39 is 11.0 Å². The monoisotopic (exact) mass is 316 g/mol. The van der Waals surface area contributed by atoms with Crippen LogP contribution >= 0.6 is 23.2 Å². The maximum absolute atomic E-state index is 12.4. The highest BCUT2D eigenvalue weighted by Crippen LogP contribution is 2.30. The fourth-order valence-corrected chi connectivity index (χ4v) is 1.84. The first kappa shape index (κ1) is 17.3. The number of nitrogens with one attached hydrogen (secondary N) is 1. The van der Waals surface area contributed by atoms with Gasteiger partial charge in [-0.2, -0.15) is 0 Å². The molecule has 0 heterocycles. The van der Waals surface area contributed by atoms with Gasteiger partial charge in [0.25, 0.3) is 0 Å². The number of carbonyl (C=O) groups excluding carboxylic acids is 1. The van der Waals surface area contributed by atoms with Crippen molar-refractivity contribution in [3.8, 4) is 0 Å². The highest BCUT2D eigenvalue weighted by molar-refractivity contribution is 6.42. The average molecular weight is 317 g/mol. The molecular formula is C15H22Cl2N2O. The molecule has 3 N–H and O–H groups in total. The van der Waals surface area contributed by atoms with Gasteiger partial charge < -0.3 is 11.1 Å². The van der Waals surface area contributed by atoms with Crippen molar-refractivity contribution in [3.63, 3.8) is 0 Å². The molecule has 1 aromatic carbocycles. The van der Waals surface area contributed by atoms with Crippen LogP contribution in [0, 0.1) is 5.41 Å². The van der Waals surface area contributed by atoms with Crippen molar-refractivity contribution in [2.45, 2.75) is 46.2 Å². The highest BCUT2D eigenvalue weighted by Gasteiger charge is 2.40. The fourth-order valence-electron chi connectivity index (χ4n) is 1.53. The Morgan fingerprint density at radius 2 is 1.75 bits per heavy atom. The first-order valence-corrected chi connectivity index (χ1v) is 7.27. The molecule has 0 radical (unpaired) electrons. The minimum absolute atomic E-state index is 0.0939. The smallest absolute Gasteiger partial charge is 0.227 e. The Bertz CT molecular complexity index is 507. The lowest BCUT2D eigenvalue weighted by atomic mass is 9.74. The minimum Gasteiger partial charge on any atom is -0.349 e. The van der Waals surface area contributed by atoms with Crippen LogP contribution in [0.25, 0.3) is 0 Å². The van der Waals surface area contributed by atoms with Gasteiger partial charge in [-0.05, 0) is 52.3 Å². The summed E-state index contributed by atoms with van der Waals surface area (Å²) in [5.41, 5.74) is 5.67. The molecule has 20 heavy (non-hydrogen) atoms. The van der Waals surface area contributed by atoms with Crippen molar-refractivity contribution >= 4 is 29.1 Å². The first-order valence-electron chi connectivity index (χ1n) is 6.51. The van der Waals surface area contributed by atoms with E-state index in [1.54, 1.807) is 12.1 Å². The first-order chi connectivity index (χ1) is 8.96. The van der Waals surface area contributed by atoms with Crippen molar-refractivity contribution in [2.24, 2.45) is 11.1 Å². The molecule has 0 saturated carbocycles. The third-order valence-electron chi connectivity index (χ3n) is 3.97. The van der Waals surface area contributed by atoms with E-state index in [9.17, 15) is 4.79 Å². The summed E-state index contributed by atoms with van der Waals surface area (Å²) in [6.07, 6.45) is 0. The maximum Gasteiger partial charge on any atom is 0.227 e. The van der Waals surface area contributed by atoms with E-state index in [4.69, 9.17) is 28.9 Å². The molecule has 1 amide bonds. The summed E-state index contributed by atoms with van der Waals surface area (Å²) in [5, 5.41) is 3.94. The van der Waals surface area contributed by atoms with Crippen LogP contribution in [0.5, 0.6) is 0 Å². The van der Waals surface area contributed by atoms with E-state index in [0.717, 1.165) is 5.56 Å². The SMILES string of the molecule is CC(NC(=O)C(C)(C)C(C)(C)N)c1ccc(Cl)c(Cl)c1. The summed E-state index contributed by atoms with van der Waals surface area (Å²) in [7, 11) is 0. The van der Waals surface area contributed by atoms with E-state index >= 15 is 0 Å². The second-order valence-corrected chi connectivity index (χ2v) is 7.03. The summed E-state index contributed by atoms with van der Waals surface area (Å²) >= 11 is 11.9. The van der Waals surface area contributed by atoms with Crippen LogP contribution < -0.4 is 11.1 Å². The summed E-state index contributed by atoms with van der Waals surface area (Å²) in [6.45, 7) is 9.26. The Kier molecular flexibility index (Phi) is 5.12. The summed E-state index contributed by atoms with van der Waals surface area (Å²) in [6, 6.07) is 5.16. The van der Waals surface area contributed by atoms with Gasteiger partial charge in [-0.15, -0.1) is 0 Å². The second kappa shape index (κ2) is 5.92. The van der Waals surface area contributed by atoms with Crippen LogP contribution in [0.3, 0.4) is 0 Å². The molecule has 1 unspecified atom stereocenters. The van der Waals surface area contributed by atoms with Crippen LogP contribution in [0.1, 0.15) is 46.2 Å². The Hall–Kier alpha value is -0.770. The minimum atomic E-state index is -0.683. The molecule has 1 rings (SSSR count). The highest BCUT2D eigenvalue weighted by atomic mass is 35.5. The van der Waals surface area contributed by atoms with E-state index in [-0.39, 0.29) is 11.9 Å². The van der Waals surface area contributed by atoms with Gasteiger partial charge in [0.1, 0.15) is 0 Å². The van der Waals surface area contributed by atoms with Gasteiger partial charge in [0, 0.05) is 5.54 Å². The average Bonchev–Trinajstić information content (AvgIpc) is 2.30. The molecule has 0 aliphatic carbocycles. The molecule has 5 heteroatoms. The van der Waals surface area contributed by atoms with E-state index in [0.29, 0.717) is 10.0 Å². The number of carbonyl (C=O) groups is 1. The third-order valence-corrected chi connectivity index (χ3v) is 4.71. The number of halogens is 2. The summed E-state index contributed by atoms with van der Waals surface area (Å²) in [5.74, 6) is -0.0939. The van der Waals surface area contributed by atoms with Crippen LogP contribution in [0.2, 0.25) is 10.0 Å². The van der Waals surface area contributed by atoms with Crippen LogP contribution in [0.15, 0.2) is 18.2 Å². The Balaban J connectivity index is 2.88. The zero-order valence-electron chi connectivity index (χ0n) is 12.6. The second-order valence-electron chi connectivity index (χ2n) is 6.22. The molecule has 0 aliphatic rings. The van der Waals surface area contributed by atoms with Crippen molar-refractivity contribution in [1.82, 2.24) is 5.32 Å². The normalized spacial score (nSPS) is 14.0. The van der Waals surface area contributed by atoms with Gasteiger partial charge in [0.2, 0.25) is 5.91 Å². The van der Waals surface area contributed by atoms with Crippen molar-refractivity contribution in [1.29, 1.82) is 0 Å². The van der Waals surface area contributed by atoms with Gasteiger partial charge in [0.05, 0.1) is 21.5 Å². The lowest BCUT2D eigenvalue weighted by molar-refractivity contribution is -0.132. The quantitative estimate of drug-likeness (QED) is 0.884. The largest absolute Gasteiger partial charge is 0.349 e. The van der Waals surface area contributed by atoms with Crippen LogP contribution in [-0.2, 0) is 4.79 Å². The lowest BCUT2D eigenvalue weighted by Crippen LogP contribution is -2.55.